The third-order valence-electron chi connectivity index (χ3n) is 2.72. The zero-order chi connectivity index (χ0) is 12.4. The minimum Gasteiger partial charge on any atom is -0.398 e. The van der Waals surface area contributed by atoms with Crippen molar-refractivity contribution in [3.05, 3.63) is 35.5 Å². The Labute approximate surface area is 98.5 Å². The van der Waals surface area contributed by atoms with Gasteiger partial charge in [0.1, 0.15) is 5.69 Å². The van der Waals surface area contributed by atoms with Gasteiger partial charge >= 0.3 is 0 Å². The fraction of sp³-hybridized carbons (Fsp3) is 0.308. The van der Waals surface area contributed by atoms with Crippen LogP contribution in [0.2, 0.25) is 0 Å². The second-order valence-corrected chi connectivity index (χ2v) is 4.00. The van der Waals surface area contributed by atoms with E-state index in [9.17, 15) is 8.78 Å². The summed E-state index contributed by atoms with van der Waals surface area (Å²) in [6.07, 6.45) is -0.827. The van der Waals surface area contributed by atoms with Crippen LogP contribution in [0.15, 0.2) is 24.3 Å². The molecular formula is C13H14F2N2. The maximum Gasteiger partial charge on any atom is 0.280 e. The maximum atomic E-state index is 12.7. The summed E-state index contributed by atoms with van der Waals surface area (Å²) in [7, 11) is 0. The highest BCUT2D eigenvalue weighted by molar-refractivity contribution is 5.92. The zero-order valence-corrected chi connectivity index (χ0v) is 9.58. The molecule has 2 rings (SSSR count). The van der Waals surface area contributed by atoms with Crippen molar-refractivity contribution in [2.24, 2.45) is 0 Å². The molecule has 4 heteroatoms. The first-order valence-corrected chi connectivity index (χ1v) is 5.59. The third-order valence-corrected chi connectivity index (χ3v) is 2.72. The molecule has 1 heterocycles. The van der Waals surface area contributed by atoms with Gasteiger partial charge < -0.3 is 5.73 Å². The van der Waals surface area contributed by atoms with E-state index in [1.54, 1.807) is 0 Å². The number of nitrogen functional groups attached to an aromatic ring is 1. The van der Waals surface area contributed by atoms with Crippen LogP contribution in [0.3, 0.4) is 0 Å². The van der Waals surface area contributed by atoms with Crippen LogP contribution in [0.5, 0.6) is 0 Å². The fourth-order valence-corrected chi connectivity index (χ4v) is 1.94. The molecule has 0 radical (unpaired) electrons. The van der Waals surface area contributed by atoms with Crippen molar-refractivity contribution in [1.29, 1.82) is 0 Å². The molecule has 0 aliphatic heterocycles. The van der Waals surface area contributed by atoms with E-state index in [4.69, 9.17) is 5.73 Å². The summed E-state index contributed by atoms with van der Waals surface area (Å²) in [6, 6.07) is 6.86. The van der Waals surface area contributed by atoms with E-state index in [1.807, 2.05) is 25.1 Å². The van der Waals surface area contributed by atoms with Gasteiger partial charge in [0.25, 0.3) is 6.43 Å². The molecule has 0 aliphatic rings. The smallest absolute Gasteiger partial charge is 0.280 e. The average Bonchev–Trinajstić information content (AvgIpc) is 2.30. The molecule has 0 amide bonds. The lowest BCUT2D eigenvalue weighted by Gasteiger charge is -2.09. The Morgan fingerprint density at radius 2 is 2.12 bits per heavy atom. The number of fused-ring (bicyclic) bond motifs is 1. The summed E-state index contributed by atoms with van der Waals surface area (Å²) in [5.74, 6) is 0. The predicted octanol–water partition coefficient (Wildman–Crippen LogP) is 3.71. The van der Waals surface area contributed by atoms with E-state index in [-0.39, 0.29) is 5.69 Å². The Morgan fingerprint density at radius 1 is 1.35 bits per heavy atom. The molecule has 0 bridgehead atoms. The molecule has 1 aromatic carbocycles. The van der Waals surface area contributed by atoms with Gasteiger partial charge in [0.15, 0.2) is 0 Å². The molecule has 0 fully saturated rings. The van der Waals surface area contributed by atoms with Crippen molar-refractivity contribution in [2.75, 3.05) is 5.73 Å². The Hall–Kier alpha value is -1.71. The lowest BCUT2D eigenvalue weighted by Crippen LogP contribution is -1.98. The average molecular weight is 236 g/mol. The van der Waals surface area contributed by atoms with Crippen molar-refractivity contribution in [2.45, 2.75) is 26.2 Å². The maximum absolute atomic E-state index is 12.7. The van der Waals surface area contributed by atoms with Gasteiger partial charge in [-0.3, -0.25) is 0 Å². The molecule has 90 valence electrons. The van der Waals surface area contributed by atoms with Gasteiger partial charge in [-0.05, 0) is 18.1 Å². The van der Waals surface area contributed by atoms with Crippen LogP contribution in [-0.2, 0) is 6.42 Å². The predicted molar refractivity (Wildman–Crippen MR) is 65.1 cm³/mol. The van der Waals surface area contributed by atoms with Gasteiger partial charge in [-0.2, -0.15) is 0 Å². The lowest BCUT2D eigenvalue weighted by atomic mass is 10.0. The van der Waals surface area contributed by atoms with Gasteiger partial charge in [0.2, 0.25) is 0 Å². The normalized spacial score (nSPS) is 11.3. The number of aryl methyl sites for hydroxylation is 1. The van der Waals surface area contributed by atoms with E-state index in [0.29, 0.717) is 11.2 Å². The minimum absolute atomic E-state index is 0.251. The number of rotatable bonds is 3. The van der Waals surface area contributed by atoms with Crippen LogP contribution >= 0.6 is 0 Å². The summed E-state index contributed by atoms with van der Waals surface area (Å²) in [4.78, 5) is 4.02. The number of alkyl halides is 2. The number of para-hydroxylation sites is 1. The first kappa shape index (κ1) is 11.8. The number of halogens is 2. The number of nitrogens with zero attached hydrogens (tertiary/aromatic N) is 1. The van der Waals surface area contributed by atoms with Crippen LogP contribution in [0.1, 0.15) is 31.0 Å². The summed E-state index contributed by atoms with van der Waals surface area (Å²) in [6.45, 7) is 2.04. The van der Waals surface area contributed by atoms with E-state index in [0.717, 1.165) is 23.8 Å². The van der Waals surface area contributed by atoms with Crippen molar-refractivity contribution in [1.82, 2.24) is 4.98 Å². The molecule has 2 nitrogen and oxygen atoms in total. The third kappa shape index (κ3) is 2.20. The number of nitrogens with two attached hydrogens (primary N) is 1. The quantitative estimate of drug-likeness (QED) is 0.882. The molecule has 2 N–H and O–H groups in total. The molecule has 2 aromatic rings. The van der Waals surface area contributed by atoms with E-state index in [1.165, 1.54) is 6.07 Å². The first-order valence-electron chi connectivity index (χ1n) is 5.59. The molecule has 0 saturated heterocycles. The van der Waals surface area contributed by atoms with Gasteiger partial charge in [0, 0.05) is 11.1 Å². The second-order valence-electron chi connectivity index (χ2n) is 4.00. The number of benzene rings is 1. The summed E-state index contributed by atoms with van der Waals surface area (Å²) >= 11 is 0. The summed E-state index contributed by atoms with van der Waals surface area (Å²) in [5, 5.41) is 0.750. The van der Waals surface area contributed by atoms with Gasteiger partial charge in [-0.25, -0.2) is 13.8 Å². The molecule has 1 aromatic heterocycles. The van der Waals surface area contributed by atoms with Crippen LogP contribution in [0.4, 0.5) is 14.5 Å². The Morgan fingerprint density at radius 3 is 2.76 bits per heavy atom. The van der Waals surface area contributed by atoms with Gasteiger partial charge in [-0.15, -0.1) is 0 Å². The molecule has 0 atom stereocenters. The Balaban J connectivity index is 2.69. The second kappa shape index (κ2) is 4.65. The van der Waals surface area contributed by atoms with Crippen molar-refractivity contribution < 1.29 is 8.78 Å². The Bertz CT molecular complexity index is 538. The molecule has 17 heavy (non-hydrogen) atoms. The molecular weight excluding hydrogens is 222 g/mol. The van der Waals surface area contributed by atoms with Crippen LogP contribution in [0.25, 0.3) is 10.9 Å². The topological polar surface area (TPSA) is 38.9 Å². The number of hydrogen-bond acceptors (Lipinski definition) is 2. The summed E-state index contributed by atoms with van der Waals surface area (Å²) in [5.41, 5.74) is 7.47. The van der Waals surface area contributed by atoms with Crippen molar-refractivity contribution in [3.8, 4) is 0 Å². The Kier molecular flexibility index (Phi) is 3.22. The fourth-order valence-electron chi connectivity index (χ4n) is 1.94. The molecule has 0 spiro atoms. The number of anilines is 1. The highest BCUT2D eigenvalue weighted by atomic mass is 19.3. The van der Waals surface area contributed by atoms with E-state index >= 15 is 0 Å². The van der Waals surface area contributed by atoms with Crippen molar-refractivity contribution >= 4 is 16.6 Å². The van der Waals surface area contributed by atoms with Crippen LogP contribution in [0, 0.1) is 0 Å². The van der Waals surface area contributed by atoms with Crippen LogP contribution in [-0.4, -0.2) is 4.98 Å². The number of hydrogen-bond donors (Lipinski definition) is 1. The lowest BCUT2D eigenvalue weighted by molar-refractivity contribution is 0.146. The van der Waals surface area contributed by atoms with Crippen LogP contribution < -0.4 is 5.73 Å². The van der Waals surface area contributed by atoms with E-state index < -0.39 is 6.43 Å². The van der Waals surface area contributed by atoms with Gasteiger partial charge in [-0.1, -0.05) is 31.5 Å². The number of aromatic nitrogens is 1. The van der Waals surface area contributed by atoms with E-state index in [2.05, 4.69) is 4.98 Å². The minimum atomic E-state index is -2.59. The SMILES string of the molecule is CCCc1cccc2c(N)cc(C(F)F)nc12. The van der Waals surface area contributed by atoms with Crippen molar-refractivity contribution in [3.63, 3.8) is 0 Å². The summed E-state index contributed by atoms with van der Waals surface area (Å²) < 4.78 is 25.3. The monoisotopic (exact) mass is 236 g/mol. The molecule has 0 saturated carbocycles. The van der Waals surface area contributed by atoms with Gasteiger partial charge in [0.05, 0.1) is 5.52 Å². The number of pyridine rings is 1. The molecule has 0 unspecified atom stereocenters. The standard InChI is InChI=1S/C13H14F2N2/c1-2-4-8-5-3-6-9-10(16)7-11(13(14)15)17-12(8)9/h3,5-7,13H,2,4H2,1H3,(H2,16,17). The zero-order valence-electron chi connectivity index (χ0n) is 9.58. The highest BCUT2D eigenvalue weighted by Crippen LogP contribution is 2.28. The highest BCUT2D eigenvalue weighted by Gasteiger charge is 2.13. The molecule has 0 aliphatic carbocycles. The largest absolute Gasteiger partial charge is 0.398 e. The first-order chi connectivity index (χ1) is 8.13.